The van der Waals surface area contributed by atoms with E-state index in [1.54, 1.807) is 6.07 Å². The first-order valence-electron chi connectivity index (χ1n) is 7.20. The molecule has 1 aromatic rings. The second-order valence-electron chi connectivity index (χ2n) is 6.13. The fourth-order valence-corrected chi connectivity index (χ4v) is 3.35. The van der Waals surface area contributed by atoms with Gasteiger partial charge >= 0.3 is 0 Å². The molecule has 0 aliphatic heterocycles. The van der Waals surface area contributed by atoms with Crippen molar-refractivity contribution in [1.82, 2.24) is 5.32 Å². The SMILES string of the molecule is CCCNC1CCC(C)(Cc2ccc(F)c(Cl)c2)C1. The van der Waals surface area contributed by atoms with Crippen LogP contribution >= 0.6 is 11.6 Å². The number of halogens is 2. The van der Waals surface area contributed by atoms with Crippen LogP contribution in [0.3, 0.4) is 0 Å². The van der Waals surface area contributed by atoms with Crippen molar-refractivity contribution in [2.75, 3.05) is 6.54 Å². The van der Waals surface area contributed by atoms with Crippen LogP contribution in [0.5, 0.6) is 0 Å². The first-order chi connectivity index (χ1) is 9.02. The highest BCUT2D eigenvalue weighted by Crippen LogP contribution is 2.41. The van der Waals surface area contributed by atoms with Crippen LogP contribution in [0.4, 0.5) is 4.39 Å². The maximum Gasteiger partial charge on any atom is 0.141 e. The quantitative estimate of drug-likeness (QED) is 0.834. The topological polar surface area (TPSA) is 12.0 Å². The molecule has 19 heavy (non-hydrogen) atoms. The van der Waals surface area contributed by atoms with Crippen LogP contribution in [0, 0.1) is 11.2 Å². The van der Waals surface area contributed by atoms with Gasteiger partial charge in [-0.05, 0) is 61.8 Å². The van der Waals surface area contributed by atoms with Crippen molar-refractivity contribution in [3.05, 3.63) is 34.6 Å². The van der Waals surface area contributed by atoms with Gasteiger partial charge in [-0.3, -0.25) is 0 Å². The highest BCUT2D eigenvalue weighted by molar-refractivity contribution is 6.30. The highest BCUT2D eigenvalue weighted by atomic mass is 35.5. The molecule has 1 nitrogen and oxygen atoms in total. The van der Waals surface area contributed by atoms with Gasteiger partial charge in [-0.1, -0.05) is 31.5 Å². The van der Waals surface area contributed by atoms with E-state index in [9.17, 15) is 4.39 Å². The molecule has 0 bridgehead atoms. The Morgan fingerprint density at radius 1 is 1.47 bits per heavy atom. The van der Waals surface area contributed by atoms with Gasteiger partial charge in [0.1, 0.15) is 5.82 Å². The van der Waals surface area contributed by atoms with E-state index in [0.717, 1.165) is 18.5 Å². The van der Waals surface area contributed by atoms with Crippen molar-refractivity contribution >= 4 is 11.6 Å². The van der Waals surface area contributed by atoms with E-state index in [0.29, 0.717) is 11.5 Å². The zero-order valence-electron chi connectivity index (χ0n) is 11.8. The van der Waals surface area contributed by atoms with Crippen molar-refractivity contribution in [3.63, 3.8) is 0 Å². The molecule has 2 unspecified atom stereocenters. The van der Waals surface area contributed by atoms with Gasteiger partial charge in [0.25, 0.3) is 0 Å². The second-order valence-corrected chi connectivity index (χ2v) is 6.54. The normalized spacial score (nSPS) is 26.8. The lowest BCUT2D eigenvalue weighted by Crippen LogP contribution is -2.28. The summed E-state index contributed by atoms with van der Waals surface area (Å²) in [5, 5.41) is 3.84. The van der Waals surface area contributed by atoms with E-state index in [4.69, 9.17) is 11.6 Å². The minimum Gasteiger partial charge on any atom is -0.314 e. The van der Waals surface area contributed by atoms with E-state index in [1.165, 1.54) is 31.7 Å². The molecule has 1 aliphatic carbocycles. The Balaban J connectivity index is 1.96. The average molecular weight is 284 g/mol. The van der Waals surface area contributed by atoms with Gasteiger partial charge in [-0.15, -0.1) is 0 Å². The number of benzene rings is 1. The summed E-state index contributed by atoms with van der Waals surface area (Å²) >= 11 is 5.85. The molecule has 1 fully saturated rings. The molecular weight excluding hydrogens is 261 g/mol. The molecule has 0 saturated heterocycles. The molecule has 0 radical (unpaired) electrons. The molecule has 0 aromatic heterocycles. The van der Waals surface area contributed by atoms with Crippen LogP contribution in [-0.2, 0) is 6.42 Å². The van der Waals surface area contributed by atoms with Gasteiger partial charge in [-0.25, -0.2) is 4.39 Å². The van der Waals surface area contributed by atoms with Crippen LogP contribution in [0.1, 0.15) is 45.1 Å². The van der Waals surface area contributed by atoms with Crippen molar-refractivity contribution in [2.45, 2.75) is 52.0 Å². The third-order valence-electron chi connectivity index (χ3n) is 4.13. The molecule has 0 spiro atoms. The summed E-state index contributed by atoms with van der Waals surface area (Å²) in [7, 11) is 0. The zero-order valence-corrected chi connectivity index (χ0v) is 12.6. The summed E-state index contributed by atoms with van der Waals surface area (Å²) in [5.41, 5.74) is 1.46. The molecule has 2 atom stereocenters. The molecule has 3 heteroatoms. The average Bonchev–Trinajstić information content (AvgIpc) is 2.73. The summed E-state index contributed by atoms with van der Waals surface area (Å²) in [5.74, 6) is -0.329. The summed E-state index contributed by atoms with van der Waals surface area (Å²) in [6.45, 7) is 5.63. The van der Waals surface area contributed by atoms with Gasteiger partial charge < -0.3 is 5.32 Å². The Bertz CT molecular complexity index is 435. The first kappa shape index (κ1) is 14.8. The van der Waals surface area contributed by atoms with Gasteiger partial charge in [0.2, 0.25) is 0 Å². The molecule has 0 heterocycles. The van der Waals surface area contributed by atoms with Crippen LogP contribution in [0.25, 0.3) is 0 Å². The Kier molecular flexibility index (Phi) is 4.86. The summed E-state index contributed by atoms with van der Waals surface area (Å²) in [4.78, 5) is 0. The molecular formula is C16H23ClFN. The lowest BCUT2D eigenvalue weighted by molar-refractivity contribution is 0.322. The van der Waals surface area contributed by atoms with Crippen molar-refractivity contribution in [2.24, 2.45) is 5.41 Å². The third kappa shape index (κ3) is 3.93. The fraction of sp³-hybridized carbons (Fsp3) is 0.625. The van der Waals surface area contributed by atoms with Crippen LogP contribution in [0.15, 0.2) is 18.2 Å². The maximum absolute atomic E-state index is 13.2. The highest BCUT2D eigenvalue weighted by Gasteiger charge is 2.34. The molecule has 2 rings (SSSR count). The standard InChI is InChI=1S/C16H23ClFN/c1-3-8-19-13-6-7-16(2,11-13)10-12-4-5-15(18)14(17)9-12/h4-5,9,13,19H,3,6-8,10-11H2,1-2H3. The first-order valence-corrected chi connectivity index (χ1v) is 7.57. The van der Waals surface area contributed by atoms with Crippen molar-refractivity contribution < 1.29 is 4.39 Å². The minimum absolute atomic E-state index is 0.236. The van der Waals surface area contributed by atoms with Crippen molar-refractivity contribution in [3.8, 4) is 0 Å². The van der Waals surface area contributed by atoms with Gasteiger partial charge in [0.15, 0.2) is 0 Å². The molecule has 1 N–H and O–H groups in total. The number of rotatable bonds is 5. The molecule has 0 amide bonds. The lowest BCUT2D eigenvalue weighted by Gasteiger charge is -2.24. The van der Waals surface area contributed by atoms with Crippen LogP contribution in [-0.4, -0.2) is 12.6 Å². The second kappa shape index (κ2) is 6.23. The molecule has 1 aliphatic rings. The Hall–Kier alpha value is -0.600. The predicted molar refractivity (Wildman–Crippen MR) is 79.2 cm³/mol. The van der Waals surface area contributed by atoms with Crippen LogP contribution < -0.4 is 5.32 Å². The van der Waals surface area contributed by atoms with E-state index >= 15 is 0 Å². The smallest absolute Gasteiger partial charge is 0.141 e. The van der Waals surface area contributed by atoms with Gasteiger partial charge in [0, 0.05) is 6.04 Å². The third-order valence-corrected chi connectivity index (χ3v) is 4.42. The predicted octanol–water partition coefficient (Wildman–Crippen LogP) is 4.58. The zero-order chi connectivity index (χ0) is 13.9. The van der Waals surface area contributed by atoms with E-state index in [1.807, 2.05) is 6.07 Å². The Labute approximate surface area is 120 Å². The van der Waals surface area contributed by atoms with E-state index in [-0.39, 0.29) is 10.8 Å². The molecule has 1 aromatic carbocycles. The van der Waals surface area contributed by atoms with Crippen LogP contribution in [0.2, 0.25) is 5.02 Å². The molecule has 1 saturated carbocycles. The molecule has 106 valence electrons. The summed E-state index contributed by atoms with van der Waals surface area (Å²) in [6.07, 6.45) is 5.83. The largest absolute Gasteiger partial charge is 0.314 e. The Morgan fingerprint density at radius 3 is 2.95 bits per heavy atom. The lowest BCUT2D eigenvalue weighted by atomic mass is 9.82. The monoisotopic (exact) mass is 283 g/mol. The van der Waals surface area contributed by atoms with E-state index in [2.05, 4.69) is 19.2 Å². The number of nitrogens with one attached hydrogen (secondary N) is 1. The summed E-state index contributed by atoms with van der Waals surface area (Å²) in [6, 6.07) is 5.75. The summed E-state index contributed by atoms with van der Waals surface area (Å²) < 4.78 is 13.2. The fourth-order valence-electron chi connectivity index (χ4n) is 3.15. The number of hydrogen-bond acceptors (Lipinski definition) is 1. The van der Waals surface area contributed by atoms with E-state index < -0.39 is 0 Å². The minimum atomic E-state index is -0.329. The Morgan fingerprint density at radius 2 is 2.26 bits per heavy atom. The van der Waals surface area contributed by atoms with Gasteiger partial charge in [0.05, 0.1) is 5.02 Å². The van der Waals surface area contributed by atoms with Gasteiger partial charge in [-0.2, -0.15) is 0 Å². The number of hydrogen-bond donors (Lipinski definition) is 1. The maximum atomic E-state index is 13.2. The van der Waals surface area contributed by atoms with Crippen molar-refractivity contribution in [1.29, 1.82) is 0 Å².